The molecule has 4 heteroatoms. The van der Waals surface area contributed by atoms with Crippen LogP contribution in [0, 0.1) is 0 Å². The number of para-hydroxylation sites is 2. The van der Waals surface area contributed by atoms with Gasteiger partial charge in [-0.3, -0.25) is 0 Å². The van der Waals surface area contributed by atoms with E-state index in [1.807, 2.05) is 0 Å². The Kier molecular flexibility index (Phi) is 7.14. The Morgan fingerprint density at radius 1 is 0.368 bits per heavy atom. The lowest BCUT2D eigenvalue weighted by atomic mass is 9.70. The van der Waals surface area contributed by atoms with Gasteiger partial charge in [-0.15, -0.1) is 0 Å². The van der Waals surface area contributed by atoms with Crippen LogP contribution in [0.25, 0.3) is 88.1 Å². The van der Waals surface area contributed by atoms with Crippen LogP contribution in [-0.2, 0) is 18.5 Å². The van der Waals surface area contributed by atoms with Crippen LogP contribution in [-0.4, -0.2) is 9.13 Å². The first kappa shape index (κ1) is 33.5. The number of fused-ring (bicyclic) bond motifs is 16. The van der Waals surface area contributed by atoms with Gasteiger partial charge in [-0.25, -0.2) is 0 Å². The molecule has 10 aromatic rings. The number of benzene rings is 8. The van der Waals surface area contributed by atoms with Crippen molar-refractivity contribution < 1.29 is 0 Å². The van der Waals surface area contributed by atoms with E-state index in [9.17, 15) is 0 Å². The van der Waals surface area contributed by atoms with Crippen molar-refractivity contribution in [2.45, 2.75) is 32.4 Å². The number of aryl methyl sites for hydroxylation is 2. The minimum atomic E-state index is -0.514. The smallest absolute Gasteiger partial charge is 0.0726 e. The molecular weight excluding hydrogens is 824 g/mol. The molecule has 12 rings (SSSR count). The fraction of sp³-hybridized carbons (Fsp3) is 0.0943. The zero-order valence-corrected chi connectivity index (χ0v) is 34.7. The van der Waals surface area contributed by atoms with Gasteiger partial charge in [0.1, 0.15) is 0 Å². The molecular formula is C53H36Br2N2. The number of nitrogens with zero attached hydrogens (tertiary/aromatic N) is 2. The predicted octanol–water partition coefficient (Wildman–Crippen LogP) is 15.1. The highest BCUT2D eigenvalue weighted by atomic mass is 79.9. The molecule has 0 aliphatic heterocycles. The van der Waals surface area contributed by atoms with E-state index in [-0.39, 0.29) is 0 Å². The second kappa shape index (κ2) is 12.2. The first-order chi connectivity index (χ1) is 28.0. The minimum absolute atomic E-state index is 0.514. The summed E-state index contributed by atoms with van der Waals surface area (Å²) >= 11 is 7.85. The molecule has 0 bridgehead atoms. The zero-order chi connectivity index (χ0) is 38.2. The van der Waals surface area contributed by atoms with Gasteiger partial charge in [0.15, 0.2) is 0 Å². The number of hydrogen-bond acceptors (Lipinski definition) is 0. The third-order valence-electron chi connectivity index (χ3n) is 13.0. The van der Waals surface area contributed by atoms with E-state index >= 15 is 0 Å². The van der Waals surface area contributed by atoms with Crippen LogP contribution < -0.4 is 0 Å². The molecule has 2 nitrogen and oxygen atoms in total. The van der Waals surface area contributed by atoms with Gasteiger partial charge in [0.05, 0.1) is 5.41 Å². The van der Waals surface area contributed by atoms with Gasteiger partial charge in [-0.2, -0.15) is 0 Å². The molecule has 0 unspecified atom stereocenters. The average Bonchev–Trinajstić information content (AvgIpc) is 3.93. The summed E-state index contributed by atoms with van der Waals surface area (Å²) in [6, 6.07) is 59.9. The van der Waals surface area contributed by atoms with Gasteiger partial charge in [-0.1, -0.05) is 129 Å². The number of aromatic nitrogens is 2. The van der Waals surface area contributed by atoms with E-state index < -0.39 is 5.41 Å². The van der Waals surface area contributed by atoms with Crippen molar-refractivity contribution in [1.29, 1.82) is 0 Å². The Bertz CT molecular complexity index is 3140. The van der Waals surface area contributed by atoms with E-state index in [2.05, 4.69) is 213 Å². The lowest BCUT2D eigenvalue weighted by molar-refractivity contribution is 0.793. The monoisotopic (exact) mass is 858 g/mol. The minimum Gasteiger partial charge on any atom is -0.341 e. The summed E-state index contributed by atoms with van der Waals surface area (Å²) in [7, 11) is 0. The van der Waals surface area contributed by atoms with Crippen molar-refractivity contribution in [2.75, 3.05) is 0 Å². The lowest BCUT2D eigenvalue weighted by Crippen LogP contribution is -2.26. The Morgan fingerprint density at radius 3 is 1.16 bits per heavy atom. The molecule has 0 amide bonds. The van der Waals surface area contributed by atoms with Crippen LogP contribution in [0.4, 0.5) is 0 Å². The van der Waals surface area contributed by atoms with Crippen molar-refractivity contribution in [3.63, 3.8) is 0 Å². The molecule has 0 N–H and O–H groups in total. The molecule has 1 spiro atoms. The van der Waals surface area contributed by atoms with Gasteiger partial charge in [0.2, 0.25) is 0 Å². The molecule has 0 saturated heterocycles. The van der Waals surface area contributed by atoms with Crippen molar-refractivity contribution in [3.8, 4) is 44.5 Å². The molecule has 2 aliphatic carbocycles. The third kappa shape index (κ3) is 4.46. The molecule has 0 saturated carbocycles. The highest BCUT2D eigenvalue weighted by Crippen LogP contribution is 2.64. The fourth-order valence-electron chi connectivity index (χ4n) is 10.7. The van der Waals surface area contributed by atoms with Crippen LogP contribution in [0.5, 0.6) is 0 Å². The number of hydrogen-bond donors (Lipinski definition) is 0. The standard InChI is InChI=1S/C53H36Br2N2/c1-3-56-49-11-7-5-9-41(49)43-21-15-33(27-51(43)56)31-13-19-37-38-20-14-32(34-16-22-44-42-10-6-8-12-50(42)57(4-2)52(44)28-34)26-46(38)53(45(37)25-31)47-29-35(54)17-23-39(47)40-24-18-36(55)30-48(40)53/h5-30H,3-4H2,1-2H3. The van der Waals surface area contributed by atoms with Crippen molar-refractivity contribution in [3.05, 3.63) is 189 Å². The molecule has 2 aromatic heterocycles. The molecule has 0 fully saturated rings. The molecule has 0 atom stereocenters. The highest BCUT2D eigenvalue weighted by molar-refractivity contribution is 9.10. The first-order valence-electron chi connectivity index (χ1n) is 19.9. The predicted molar refractivity (Wildman–Crippen MR) is 246 cm³/mol. The normalized spacial score (nSPS) is 13.5. The zero-order valence-electron chi connectivity index (χ0n) is 31.6. The van der Waals surface area contributed by atoms with Crippen LogP contribution in [0.1, 0.15) is 36.1 Å². The van der Waals surface area contributed by atoms with Crippen LogP contribution in [0.15, 0.2) is 167 Å². The van der Waals surface area contributed by atoms with Crippen molar-refractivity contribution in [1.82, 2.24) is 9.13 Å². The summed E-state index contributed by atoms with van der Waals surface area (Å²) in [5.41, 5.74) is 20.0. The van der Waals surface area contributed by atoms with Crippen LogP contribution >= 0.6 is 31.9 Å². The Hall–Kier alpha value is -5.68. The van der Waals surface area contributed by atoms with Gasteiger partial charge < -0.3 is 9.13 Å². The third-order valence-corrected chi connectivity index (χ3v) is 14.0. The summed E-state index contributed by atoms with van der Waals surface area (Å²) in [5.74, 6) is 0. The summed E-state index contributed by atoms with van der Waals surface area (Å²) in [6.45, 7) is 6.33. The second-order valence-corrected chi connectivity index (χ2v) is 17.5. The quantitative estimate of drug-likeness (QED) is 0.167. The molecule has 57 heavy (non-hydrogen) atoms. The molecule has 8 aromatic carbocycles. The summed E-state index contributed by atoms with van der Waals surface area (Å²) < 4.78 is 7.09. The second-order valence-electron chi connectivity index (χ2n) is 15.6. The summed E-state index contributed by atoms with van der Waals surface area (Å²) in [4.78, 5) is 0. The number of rotatable bonds is 4. The number of halogens is 2. The van der Waals surface area contributed by atoms with E-state index in [0.717, 1.165) is 22.0 Å². The Balaban J connectivity index is 1.12. The molecule has 0 radical (unpaired) electrons. The Morgan fingerprint density at radius 2 is 0.719 bits per heavy atom. The molecule has 2 aliphatic rings. The van der Waals surface area contributed by atoms with Crippen molar-refractivity contribution in [2.24, 2.45) is 0 Å². The molecule has 272 valence electrons. The largest absolute Gasteiger partial charge is 0.341 e. The van der Waals surface area contributed by atoms with Crippen molar-refractivity contribution >= 4 is 75.5 Å². The highest BCUT2D eigenvalue weighted by Gasteiger charge is 2.52. The van der Waals surface area contributed by atoms with Crippen LogP contribution in [0.2, 0.25) is 0 Å². The Labute approximate surface area is 348 Å². The average molecular weight is 861 g/mol. The summed E-state index contributed by atoms with van der Waals surface area (Å²) in [6.07, 6.45) is 0. The lowest BCUT2D eigenvalue weighted by Gasteiger charge is -2.31. The topological polar surface area (TPSA) is 9.86 Å². The van der Waals surface area contributed by atoms with Crippen LogP contribution in [0.3, 0.4) is 0 Å². The maximum Gasteiger partial charge on any atom is 0.0726 e. The van der Waals surface area contributed by atoms with Gasteiger partial charge in [0.25, 0.3) is 0 Å². The maximum atomic E-state index is 3.92. The SMILES string of the molecule is CCn1c2ccccc2c2ccc(-c3ccc4c(c3)C3(c5cc(Br)ccc5-c5ccc(Br)cc53)c3cc(-c5ccc6c7ccccc7n(CC)c6c5)ccc3-4)cc21. The van der Waals surface area contributed by atoms with E-state index in [0.29, 0.717) is 0 Å². The van der Waals surface area contributed by atoms with E-state index in [1.165, 1.54) is 110 Å². The maximum absolute atomic E-state index is 3.92. The van der Waals surface area contributed by atoms with Gasteiger partial charge >= 0.3 is 0 Å². The van der Waals surface area contributed by atoms with E-state index in [1.54, 1.807) is 0 Å². The fourth-order valence-corrected chi connectivity index (χ4v) is 11.4. The van der Waals surface area contributed by atoms with Gasteiger partial charge in [-0.05, 0) is 141 Å². The first-order valence-corrected chi connectivity index (χ1v) is 21.5. The summed E-state index contributed by atoms with van der Waals surface area (Å²) in [5, 5.41) is 5.23. The molecule has 2 heterocycles. The van der Waals surface area contributed by atoms with Gasteiger partial charge in [0, 0.05) is 65.6 Å². The van der Waals surface area contributed by atoms with E-state index in [4.69, 9.17) is 0 Å².